The number of hydrogen-bond acceptors (Lipinski definition) is 5. The minimum atomic E-state index is -4.58. The van der Waals surface area contributed by atoms with Crippen LogP contribution in [0.25, 0.3) is 0 Å². The molecule has 0 aliphatic carbocycles. The first-order valence-electron chi connectivity index (χ1n) is 6.12. The van der Waals surface area contributed by atoms with E-state index in [2.05, 4.69) is 32.7 Å². The zero-order valence-electron chi connectivity index (χ0n) is 11.4. The highest BCUT2D eigenvalue weighted by Gasteiger charge is 2.33. The van der Waals surface area contributed by atoms with Gasteiger partial charge in [-0.3, -0.25) is 5.43 Å². The van der Waals surface area contributed by atoms with Gasteiger partial charge in [-0.2, -0.15) is 23.3 Å². The summed E-state index contributed by atoms with van der Waals surface area (Å²) < 4.78 is 43.2. The van der Waals surface area contributed by atoms with Gasteiger partial charge in [-0.05, 0) is 30.4 Å². The van der Waals surface area contributed by atoms with Crippen LogP contribution in [0.1, 0.15) is 11.3 Å². The Morgan fingerprint density at radius 3 is 2.74 bits per heavy atom. The van der Waals surface area contributed by atoms with Crippen LogP contribution in [0.2, 0.25) is 0 Å². The average molecular weight is 341 g/mol. The SMILES string of the molecule is NC(=S)NN=Cc1ccccc1Oc1nccc(C(F)(F)F)n1. The van der Waals surface area contributed by atoms with Gasteiger partial charge >= 0.3 is 12.2 Å². The molecule has 0 aliphatic heterocycles. The summed E-state index contributed by atoms with van der Waals surface area (Å²) in [6, 6.07) is 6.83. The number of rotatable bonds is 4. The van der Waals surface area contributed by atoms with Crippen molar-refractivity contribution in [1.29, 1.82) is 0 Å². The lowest BCUT2D eigenvalue weighted by Gasteiger charge is -2.09. The van der Waals surface area contributed by atoms with Gasteiger partial charge in [0, 0.05) is 11.8 Å². The smallest absolute Gasteiger partial charge is 0.424 e. The molecule has 10 heteroatoms. The van der Waals surface area contributed by atoms with E-state index in [9.17, 15) is 13.2 Å². The van der Waals surface area contributed by atoms with Gasteiger partial charge in [0.25, 0.3) is 0 Å². The lowest BCUT2D eigenvalue weighted by molar-refractivity contribution is -0.141. The molecule has 23 heavy (non-hydrogen) atoms. The number of hydrazone groups is 1. The topological polar surface area (TPSA) is 85.4 Å². The maximum Gasteiger partial charge on any atom is 0.433 e. The molecular weight excluding hydrogens is 331 g/mol. The van der Waals surface area contributed by atoms with Crippen molar-refractivity contribution in [3.8, 4) is 11.8 Å². The summed E-state index contributed by atoms with van der Waals surface area (Å²) in [5.41, 5.74) is 6.96. The largest absolute Gasteiger partial charge is 0.433 e. The molecule has 6 nitrogen and oxygen atoms in total. The van der Waals surface area contributed by atoms with Crippen molar-refractivity contribution in [1.82, 2.24) is 15.4 Å². The molecule has 0 bridgehead atoms. The van der Waals surface area contributed by atoms with Crippen LogP contribution in [0.5, 0.6) is 11.8 Å². The van der Waals surface area contributed by atoms with Crippen LogP contribution >= 0.6 is 12.2 Å². The van der Waals surface area contributed by atoms with E-state index in [1.165, 1.54) is 12.3 Å². The number of thiocarbonyl (C=S) groups is 1. The molecular formula is C13H10F3N5OS. The maximum absolute atomic E-state index is 12.6. The summed E-state index contributed by atoms with van der Waals surface area (Å²) >= 11 is 4.59. The van der Waals surface area contributed by atoms with Crippen LogP contribution in [-0.4, -0.2) is 21.3 Å². The van der Waals surface area contributed by atoms with Crippen LogP contribution in [0.15, 0.2) is 41.6 Å². The third kappa shape index (κ3) is 4.88. The number of hydrogen-bond donors (Lipinski definition) is 2. The molecule has 0 spiro atoms. The van der Waals surface area contributed by atoms with E-state index in [4.69, 9.17) is 10.5 Å². The van der Waals surface area contributed by atoms with Crippen LogP contribution in [0, 0.1) is 0 Å². The molecule has 0 radical (unpaired) electrons. The van der Waals surface area contributed by atoms with E-state index in [0.717, 1.165) is 12.3 Å². The molecule has 0 fully saturated rings. The Morgan fingerprint density at radius 1 is 1.30 bits per heavy atom. The summed E-state index contributed by atoms with van der Waals surface area (Å²) in [5.74, 6) is 0.223. The fraction of sp³-hybridized carbons (Fsp3) is 0.0769. The van der Waals surface area contributed by atoms with Crippen molar-refractivity contribution >= 4 is 23.5 Å². The van der Waals surface area contributed by atoms with Crippen LogP contribution in [-0.2, 0) is 6.18 Å². The van der Waals surface area contributed by atoms with Crippen molar-refractivity contribution < 1.29 is 17.9 Å². The minimum Gasteiger partial charge on any atom is -0.424 e. The second-order valence-corrected chi connectivity index (χ2v) is 4.54. The highest BCUT2D eigenvalue weighted by atomic mass is 32.1. The van der Waals surface area contributed by atoms with E-state index >= 15 is 0 Å². The van der Waals surface area contributed by atoms with Gasteiger partial charge in [0.05, 0.1) is 6.21 Å². The number of halogens is 3. The summed E-state index contributed by atoms with van der Waals surface area (Å²) in [6.07, 6.45) is -2.26. The molecule has 2 rings (SSSR count). The molecule has 0 amide bonds. The quantitative estimate of drug-likeness (QED) is 0.505. The maximum atomic E-state index is 12.6. The monoisotopic (exact) mass is 341 g/mol. The molecule has 0 aliphatic rings. The molecule has 1 heterocycles. The van der Waals surface area contributed by atoms with Crippen molar-refractivity contribution in [2.75, 3.05) is 0 Å². The van der Waals surface area contributed by atoms with Crippen molar-refractivity contribution in [2.24, 2.45) is 10.8 Å². The molecule has 120 valence electrons. The van der Waals surface area contributed by atoms with E-state index in [1.807, 2.05) is 0 Å². The average Bonchev–Trinajstić information content (AvgIpc) is 2.48. The number of ether oxygens (including phenoxy) is 1. The number of nitrogens with zero attached hydrogens (tertiary/aromatic N) is 3. The normalized spacial score (nSPS) is 11.4. The molecule has 0 saturated heterocycles. The van der Waals surface area contributed by atoms with Gasteiger partial charge in [-0.15, -0.1) is 0 Å². The summed E-state index contributed by atoms with van der Waals surface area (Å²) in [5, 5.41) is 3.73. The Kier molecular flexibility index (Phi) is 5.06. The van der Waals surface area contributed by atoms with Gasteiger partial charge in [-0.25, -0.2) is 4.98 Å². The molecule has 0 atom stereocenters. The van der Waals surface area contributed by atoms with E-state index in [1.54, 1.807) is 18.2 Å². The standard InChI is InChI=1S/C13H10F3N5OS/c14-13(15,16)10-5-6-18-12(20-10)22-9-4-2-1-3-8(9)7-19-21-11(17)23/h1-7H,(H3,17,21,23). The van der Waals surface area contributed by atoms with Gasteiger partial charge in [0.1, 0.15) is 5.75 Å². The minimum absolute atomic E-state index is 0.0270. The third-order valence-corrected chi connectivity index (χ3v) is 2.51. The lowest BCUT2D eigenvalue weighted by Crippen LogP contribution is -2.24. The molecule has 2 aromatic rings. The second kappa shape index (κ2) is 7.01. The van der Waals surface area contributed by atoms with Crippen molar-refractivity contribution in [3.63, 3.8) is 0 Å². The summed E-state index contributed by atoms with van der Waals surface area (Å²) in [6.45, 7) is 0. The third-order valence-electron chi connectivity index (χ3n) is 2.42. The number of benzene rings is 1. The van der Waals surface area contributed by atoms with E-state index in [-0.39, 0.29) is 10.9 Å². The number of nitrogens with one attached hydrogen (secondary N) is 1. The Labute approximate surface area is 134 Å². The van der Waals surface area contributed by atoms with Crippen molar-refractivity contribution in [3.05, 3.63) is 47.8 Å². The molecule has 0 unspecified atom stereocenters. The van der Waals surface area contributed by atoms with Crippen molar-refractivity contribution in [2.45, 2.75) is 6.18 Å². The zero-order valence-corrected chi connectivity index (χ0v) is 12.2. The number of alkyl halides is 3. The van der Waals surface area contributed by atoms with E-state index < -0.39 is 17.9 Å². The first-order chi connectivity index (χ1) is 10.9. The lowest BCUT2D eigenvalue weighted by atomic mass is 10.2. The zero-order chi connectivity index (χ0) is 16.9. The Hall–Kier alpha value is -2.75. The van der Waals surface area contributed by atoms with Crippen LogP contribution in [0.3, 0.4) is 0 Å². The second-order valence-electron chi connectivity index (χ2n) is 4.10. The fourth-order valence-corrected chi connectivity index (χ4v) is 1.54. The number of nitrogens with two attached hydrogens (primary N) is 1. The molecule has 1 aromatic heterocycles. The van der Waals surface area contributed by atoms with Gasteiger partial charge in [0.15, 0.2) is 10.8 Å². The summed E-state index contributed by atoms with van der Waals surface area (Å²) in [4.78, 5) is 6.99. The first-order valence-corrected chi connectivity index (χ1v) is 6.53. The van der Waals surface area contributed by atoms with E-state index in [0.29, 0.717) is 5.56 Å². The Bertz CT molecular complexity index is 736. The molecule has 3 N–H and O–H groups in total. The Morgan fingerprint density at radius 2 is 2.04 bits per heavy atom. The predicted molar refractivity (Wildman–Crippen MR) is 81.1 cm³/mol. The Balaban J connectivity index is 2.24. The number of para-hydroxylation sites is 1. The fourth-order valence-electron chi connectivity index (χ4n) is 1.49. The molecule has 0 saturated carbocycles. The van der Waals surface area contributed by atoms with Gasteiger partial charge < -0.3 is 10.5 Å². The predicted octanol–water partition coefficient (Wildman–Crippen LogP) is 2.45. The van der Waals surface area contributed by atoms with Crippen LogP contribution in [0.4, 0.5) is 13.2 Å². The highest BCUT2D eigenvalue weighted by Crippen LogP contribution is 2.29. The van der Waals surface area contributed by atoms with Crippen LogP contribution < -0.4 is 15.9 Å². The first kappa shape index (κ1) is 16.6. The number of aromatic nitrogens is 2. The highest BCUT2D eigenvalue weighted by molar-refractivity contribution is 7.80. The molecule has 1 aromatic carbocycles. The van der Waals surface area contributed by atoms with Gasteiger partial charge in [-0.1, -0.05) is 12.1 Å². The summed E-state index contributed by atoms with van der Waals surface area (Å²) in [7, 11) is 0. The van der Waals surface area contributed by atoms with Gasteiger partial charge in [0.2, 0.25) is 0 Å².